The smallest absolute Gasteiger partial charge is 0.126 e. The van der Waals surface area contributed by atoms with Crippen LogP contribution in [-0.2, 0) is 4.74 Å². The van der Waals surface area contributed by atoms with Crippen molar-refractivity contribution < 1.29 is 4.74 Å². The summed E-state index contributed by atoms with van der Waals surface area (Å²) in [5, 5.41) is 0. The molecule has 0 fully saturated rings. The number of rotatable bonds is 4. The van der Waals surface area contributed by atoms with Gasteiger partial charge in [0, 0.05) is 19.3 Å². The van der Waals surface area contributed by atoms with Crippen molar-refractivity contribution in [2.24, 2.45) is 0 Å². The van der Waals surface area contributed by atoms with Crippen LogP contribution in [0.25, 0.3) is 0 Å². The largest absolute Gasteiger partial charge is 0.359 e. The zero-order valence-corrected chi connectivity index (χ0v) is 8.53. The van der Waals surface area contributed by atoms with E-state index in [2.05, 4.69) is 24.0 Å². The molecule has 2 heteroatoms. The van der Waals surface area contributed by atoms with E-state index in [0.717, 1.165) is 6.61 Å². The fraction of sp³-hybridized carbons (Fsp3) is 0.455. The molecule has 2 nitrogen and oxygen atoms in total. The maximum absolute atomic E-state index is 5.48. The molecule has 1 rings (SSSR count). The van der Waals surface area contributed by atoms with Crippen molar-refractivity contribution in [3.8, 4) is 0 Å². The molecule has 0 N–H and O–H groups in total. The van der Waals surface area contributed by atoms with E-state index in [9.17, 15) is 0 Å². The predicted molar refractivity (Wildman–Crippen MR) is 55.9 cm³/mol. The first-order valence-corrected chi connectivity index (χ1v) is 4.65. The zero-order chi connectivity index (χ0) is 9.68. The van der Waals surface area contributed by atoms with E-state index in [1.54, 1.807) is 0 Å². The molecule has 1 unspecified atom stereocenters. The van der Waals surface area contributed by atoms with Gasteiger partial charge in [0.2, 0.25) is 0 Å². The number of anilines is 1. The van der Waals surface area contributed by atoms with E-state index in [1.807, 2.05) is 32.2 Å². The third-order valence-corrected chi connectivity index (χ3v) is 2.12. The lowest BCUT2D eigenvalue weighted by atomic mass is 10.3. The minimum absolute atomic E-state index is 0.132. The van der Waals surface area contributed by atoms with Gasteiger partial charge < -0.3 is 9.64 Å². The Hall–Kier alpha value is -1.02. The molecule has 0 amide bonds. The van der Waals surface area contributed by atoms with Crippen molar-refractivity contribution in [3.63, 3.8) is 0 Å². The van der Waals surface area contributed by atoms with Gasteiger partial charge in [-0.25, -0.2) is 0 Å². The lowest BCUT2D eigenvalue weighted by molar-refractivity contribution is 0.0772. The van der Waals surface area contributed by atoms with Crippen molar-refractivity contribution in [2.75, 3.05) is 18.6 Å². The van der Waals surface area contributed by atoms with Crippen molar-refractivity contribution in [3.05, 3.63) is 30.3 Å². The number of nitrogens with zero attached hydrogens (tertiary/aromatic N) is 1. The van der Waals surface area contributed by atoms with Crippen LogP contribution in [0.1, 0.15) is 13.8 Å². The van der Waals surface area contributed by atoms with Crippen molar-refractivity contribution in [2.45, 2.75) is 20.1 Å². The summed E-state index contributed by atoms with van der Waals surface area (Å²) in [5.74, 6) is 0. The number of hydrogen-bond donors (Lipinski definition) is 0. The fourth-order valence-corrected chi connectivity index (χ4v) is 1.23. The molecule has 0 spiro atoms. The Labute approximate surface area is 80.1 Å². The molecule has 0 aromatic heterocycles. The first kappa shape index (κ1) is 10.1. The first-order chi connectivity index (χ1) is 6.25. The van der Waals surface area contributed by atoms with Crippen molar-refractivity contribution in [1.82, 2.24) is 0 Å². The molecule has 0 heterocycles. The molecule has 0 aliphatic heterocycles. The molecule has 72 valence electrons. The Balaban J connectivity index is 2.62. The average molecular weight is 179 g/mol. The number of hydrogen-bond acceptors (Lipinski definition) is 2. The van der Waals surface area contributed by atoms with Gasteiger partial charge in [0.25, 0.3) is 0 Å². The highest BCUT2D eigenvalue weighted by atomic mass is 16.5. The maximum Gasteiger partial charge on any atom is 0.126 e. The maximum atomic E-state index is 5.48. The summed E-state index contributed by atoms with van der Waals surface area (Å²) in [6.45, 7) is 4.81. The number of para-hydroxylation sites is 1. The van der Waals surface area contributed by atoms with Crippen LogP contribution in [0.3, 0.4) is 0 Å². The summed E-state index contributed by atoms with van der Waals surface area (Å²) in [6, 6.07) is 10.2. The highest BCUT2D eigenvalue weighted by molar-refractivity contribution is 5.45. The average Bonchev–Trinajstić information content (AvgIpc) is 2.18. The van der Waals surface area contributed by atoms with Crippen LogP contribution in [0.5, 0.6) is 0 Å². The van der Waals surface area contributed by atoms with E-state index in [4.69, 9.17) is 4.74 Å². The van der Waals surface area contributed by atoms with E-state index in [-0.39, 0.29) is 6.23 Å². The Morgan fingerprint density at radius 3 is 2.46 bits per heavy atom. The second-order valence-corrected chi connectivity index (χ2v) is 3.00. The molecule has 13 heavy (non-hydrogen) atoms. The Bertz CT molecular complexity index is 235. The van der Waals surface area contributed by atoms with Gasteiger partial charge in [-0.1, -0.05) is 18.2 Å². The van der Waals surface area contributed by atoms with Crippen LogP contribution >= 0.6 is 0 Å². The number of ether oxygens (including phenoxy) is 1. The Morgan fingerprint density at radius 2 is 1.92 bits per heavy atom. The van der Waals surface area contributed by atoms with Gasteiger partial charge in [-0.3, -0.25) is 0 Å². The molecule has 0 radical (unpaired) electrons. The van der Waals surface area contributed by atoms with Gasteiger partial charge in [0.1, 0.15) is 6.23 Å². The summed E-state index contributed by atoms with van der Waals surface area (Å²) in [5.41, 5.74) is 1.18. The van der Waals surface area contributed by atoms with E-state index in [0.29, 0.717) is 0 Å². The summed E-state index contributed by atoms with van der Waals surface area (Å²) in [6.07, 6.45) is 0.132. The third-order valence-electron chi connectivity index (χ3n) is 2.12. The van der Waals surface area contributed by atoms with Crippen LogP contribution in [0.15, 0.2) is 30.3 Å². The highest BCUT2D eigenvalue weighted by Crippen LogP contribution is 2.14. The van der Waals surface area contributed by atoms with Crippen LogP contribution in [-0.4, -0.2) is 19.9 Å². The second kappa shape index (κ2) is 4.87. The fourth-order valence-electron chi connectivity index (χ4n) is 1.23. The van der Waals surface area contributed by atoms with Gasteiger partial charge in [-0.05, 0) is 26.0 Å². The van der Waals surface area contributed by atoms with Crippen LogP contribution in [0.2, 0.25) is 0 Å². The van der Waals surface area contributed by atoms with Gasteiger partial charge in [-0.2, -0.15) is 0 Å². The van der Waals surface area contributed by atoms with Gasteiger partial charge >= 0.3 is 0 Å². The molecule has 0 saturated heterocycles. The lowest BCUT2D eigenvalue weighted by Gasteiger charge is -2.26. The normalized spacial score (nSPS) is 12.5. The second-order valence-electron chi connectivity index (χ2n) is 3.00. The third kappa shape index (κ3) is 2.74. The van der Waals surface area contributed by atoms with Gasteiger partial charge in [0.15, 0.2) is 0 Å². The van der Waals surface area contributed by atoms with E-state index in [1.165, 1.54) is 5.69 Å². The predicted octanol–water partition coefficient (Wildman–Crippen LogP) is 2.51. The lowest BCUT2D eigenvalue weighted by Crippen LogP contribution is -2.31. The monoisotopic (exact) mass is 179 g/mol. The Kier molecular flexibility index (Phi) is 3.77. The summed E-state index contributed by atoms with van der Waals surface area (Å²) < 4.78 is 5.48. The van der Waals surface area contributed by atoms with Gasteiger partial charge in [-0.15, -0.1) is 0 Å². The SMILES string of the molecule is CCOC(C)N(C)c1ccccc1. The molecule has 1 aromatic carbocycles. The minimum Gasteiger partial charge on any atom is -0.359 e. The molecule has 0 bridgehead atoms. The minimum atomic E-state index is 0.132. The molecule has 1 aromatic rings. The topological polar surface area (TPSA) is 12.5 Å². The summed E-state index contributed by atoms with van der Waals surface area (Å²) in [4.78, 5) is 2.11. The Morgan fingerprint density at radius 1 is 1.31 bits per heavy atom. The highest BCUT2D eigenvalue weighted by Gasteiger charge is 2.07. The first-order valence-electron chi connectivity index (χ1n) is 4.65. The van der Waals surface area contributed by atoms with E-state index < -0.39 is 0 Å². The molecule has 0 aliphatic rings. The van der Waals surface area contributed by atoms with Crippen LogP contribution < -0.4 is 4.90 Å². The van der Waals surface area contributed by atoms with E-state index >= 15 is 0 Å². The van der Waals surface area contributed by atoms with Crippen LogP contribution in [0, 0.1) is 0 Å². The molecule has 1 atom stereocenters. The quantitative estimate of drug-likeness (QED) is 0.658. The summed E-state index contributed by atoms with van der Waals surface area (Å²) in [7, 11) is 2.04. The van der Waals surface area contributed by atoms with Crippen molar-refractivity contribution >= 4 is 5.69 Å². The standard InChI is InChI=1S/C11H17NO/c1-4-13-10(2)12(3)11-8-6-5-7-9-11/h5-10H,4H2,1-3H3. The zero-order valence-electron chi connectivity index (χ0n) is 8.53. The number of benzene rings is 1. The molecular weight excluding hydrogens is 162 g/mol. The molecular formula is C11H17NO. The van der Waals surface area contributed by atoms with Crippen molar-refractivity contribution in [1.29, 1.82) is 0 Å². The summed E-state index contributed by atoms with van der Waals surface area (Å²) >= 11 is 0. The van der Waals surface area contributed by atoms with Crippen LogP contribution in [0.4, 0.5) is 5.69 Å². The molecule has 0 saturated carbocycles. The van der Waals surface area contributed by atoms with Gasteiger partial charge in [0.05, 0.1) is 0 Å². The molecule has 0 aliphatic carbocycles.